The summed E-state index contributed by atoms with van der Waals surface area (Å²) in [6, 6.07) is 5.39. The molecule has 1 fully saturated rings. The van der Waals surface area contributed by atoms with Crippen molar-refractivity contribution in [2.45, 2.75) is 26.2 Å². The van der Waals surface area contributed by atoms with Gasteiger partial charge in [-0.3, -0.25) is 9.10 Å². The Morgan fingerprint density at radius 1 is 1.35 bits per heavy atom. The molecule has 0 aliphatic carbocycles. The monoisotopic (exact) mass is 342 g/mol. The molecule has 0 aromatic heterocycles. The van der Waals surface area contributed by atoms with Gasteiger partial charge in [0.25, 0.3) is 0 Å². The third kappa shape index (κ3) is 4.92. The van der Waals surface area contributed by atoms with Crippen molar-refractivity contribution in [3.05, 3.63) is 30.1 Å². The smallest absolute Gasteiger partial charge is 0.232 e. The molecule has 2 rings (SSSR count). The van der Waals surface area contributed by atoms with E-state index in [1.165, 1.54) is 18.2 Å². The van der Waals surface area contributed by atoms with E-state index in [1.54, 1.807) is 4.90 Å². The van der Waals surface area contributed by atoms with E-state index in [-0.39, 0.29) is 24.6 Å². The quantitative estimate of drug-likeness (QED) is 0.824. The van der Waals surface area contributed by atoms with Gasteiger partial charge in [-0.25, -0.2) is 12.8 Å². The maximum Gasteiger partial charge on any atom is 0.232 e. The lowest BCUT2D eigenvalue weighted by Crippen LogP contribution is -2.40. The lowest BCUT2D eigenvalue weighted by Gasteiger charge is -2.31. The molecule has 0 unspecified atom stereocenters. The van der Waals surface area contributed by atoms with Crippen LogP contribution in [0.3, 0.4) is 0 Å². The van der Waals surface area contributed by atoms with E-state index < -0.39 is 15.8 Å². The first-order valence-electron chi connectivity index (χ1n) is 7.78. The van der Waals surface area contributed by atoms with Crippen molar-refractivity contribution in [3.63, 3.8) is 0 Å². The van der Waals surface area contributed by atoms with Gasteiger partial charge in [-0.05, 0) is 37.0 Å². The van der Waals surface area contributed by atoms with Crippen molar-refractivity contribution >= 4 is 21.6 Å². The number of likely N-dealkylation sites (tertiary alicyclic amines) is 1. The zero-order valence-electron chi connectivity index (χ0n) is 13.5. The zero-order valence-corrected chi connectivity index (χ0v) is 14.4. The van der Waals surface area contributed by atoms with Crippen molar-refractivity contribution in [1.82, 2.24) is 4.90 Å². The molecule has 1 aromatic carbocycles. The number of nitrogens with zero attached hydrogens (tertiary/aromatic N) is 2. The summed E-state index contributed by atoms with van der Waals surface area (Å²) in [4.78, 5) is 14.0. The van der Waals surface area contributed by atoms with Crippen LogP contribution in [-0.4, -0.2) is 45.1 Å². The number of hydrogen-bond acceptors (Lipinski definition) is 3. The molecule has 23 heavy (non-hydrogen) atoms. The summed E-state index contributed by atoms with van der Waals surface area (Å²) in [5.74, 6) is 0.0632. The van der Waals surface area contributed by atoms with E-state index in [1.807, 2.05) is 0 Å². The molecule has 1 aromatic rings. The third-order valence-corrected chi connectivity index (χ3v) is 5.36. The molecule has 0 N–H and O–H groups in total. The Labute approximate surface area is 137 Å². The molecule has 0 saturated carbocycles. The van der Waals surface area contributed by atoms with Crippen LogP contribution in [0.15, 0.2) is 24.3 Å². The van der Waals surface area contributed by atoms with Gasteiger partial charge in [0.05, 0.1) is 11.9 Å². The molecule has 1 heterocycles. The predicted molar refractivity (Wildman–Crippen MR) is 88.2 cm³/mol. The van der Waals surface area contributed by atoms with Gasteiger partial charge in [-0.2, -0.15) is 0 Å². The van der Waals surface area contributed by atoms with E-state index in [4.69, 9.17) is 0 Å². The Morgan fingerprint density at radius 2 is 2.00 bits per heavy atom. The molecule has 5 nitrogen and oxygen atoms in total. The van der Waals surface area contributed by atoms with Crippen molar-refractivity contribution < 1.29 is 17.6 Å². The second-order valence-electron chi connectivity index (χ2n) is 6.13. The molecule has 1 saturated heterocycles. The number of carbonyl (C=O) groups is 1. The van der Waals surface area contributed by atoms with Crippen LogP contribution in [0.25, 0.3) is 0 Å². The van der Waals surface area contributed by atoms with Crippen molar-refractivity contribution in [3.8, 4) is 0 Å². The van der Waals surface area contributed by atoms with Gasteiger partial charge in [0.15, 0.2) is 0 Å². The van der Waals surface area contributed by atoms with E-state index in [0.29, 0.717) is 5.92 Å². The molecular weight excluding hydrogens is 319 g/mol. The maximum absolute atomic E-state index is 13.3. The zero-order chi connectivity index (χ0) is 17.0. The SMILES string of the molecule is CC1CCN(C(=O)CCN(c2cccc(F)c2)S(C)(=O)=O)CC1. The van der Waals surface area contributed by atoms with E-state index >= 15 is 0 Å². The van der Waals surface area contributed by atoms with Crippen LogP contribution < -0.4 is 4.31 Å². The summed E-state index contributed by atoms with van der Waals surface area (Å²) in [6.45, 7) is 3.63. The number of halogens is 1. The number of piperidine rings is 1. The second-order valence-corrected chi connectivity index (χ2v) is 8.04. The standard InChI is InChI=1S/C16H23FN2O3S/c1-13-6-9-18(10-7-13)16(20)8-11-19(23(2,21)22)15-5-3-4-14(17)12-15/h3-5,12-13H,6-11H2,1-2H3. The molecule has 0 atom stereocenters. The molecular formula is C16H23FN2O3S. The van der Waals surface area contributed by atoms with Crippen molar-refractivity contribution in [1.29, 1.82) is 0 Å². The average Bonchev–Trinajstić information content (AvgIpc) is 2.46. The normalized spacial score (nSPS) is 16.4. The molecule has 1 aliphatic heterocycles. The minimum atomic E-state index is -3.57. The van der Waals surface area contributed by atoms with Gasteiger partial charge in [0, 0.05) is 26.1 Å². The number of amides is 1. The summed E-state index contributed by atoms with van der Waals surface area (Å²) in [5.41, 5.74) is 0.243. The first-order chi connectivity index (χ1) is 10.8. The second kappa shape index (κ2) is 7.29. The van der Waals surface area contributed by atoms with Gasteiger partial charge in [0.2, 0.25) is 15.9 Å². The number of benzene rings is 1. The highest BCUT2D eigenvalue weighted by Crippen LogP contribution is 2.20. The van der Waals surface area contributed by atoms with Gasteiger partial charge < -0.3 is 4.90 Å². The van der Waals surface area contributed by atoms with Gasteiger partial charge >= 0.3 is 0 Å². The molecule has 1 aliphatic rings. The van der Waals surface area contributed by atoms with Crippen molar-refractivity contribution in [2.24, 2.45) is 5.92 Å². The number of carbonyl (C=O) groups excluding carboxylic acids is 1. The summed E-state index contributed by atoms with van der Waals surface area (Å²) < 4.78 is 38.3. The van der Waals surface area contributed by atoms with Crippen molar-refractivity contribution in [2.75, 3.05) is 30.2 Å². The van der Waals surface area contributed by atoms with Crippen LogP contribution in [0, 0.1) is 11.7 Å². The highest BCUT2D eigenvalue weighted by Gasteiger charge is 2.23. The Bertz CT molecular complexity index is 655. The highest BCUT2D eigenvalue weighted by molar-refractivity contribution is 7.92. The lowest BCUT2D eigenvalue weighted by molar-refractivity contribution is -0.132. The van der Waals surface area contributed by atoms with Crippen LogP contribution in [0.4, 0.5) is 10.1 Å². The Morgan fingerprint density at radius 3 is 2.57 bits per heavy atom. The predicted octanol–water partition coefficient (Wildman–Crippen LogP) is 2.24. The van der Waals surface area contributed by atoms with Crippen LogP contribution in [0.2, 0.25) is 0 Å². The van der Waals surface area contributed by atoms with Gasteiger partial charge in [0.1, 0.15) is 5.82 Å². The van der Waals surface area contributed by atoms with Crippen LogP contribution in [-0.2, 0) is 14.8 Å². The summed E-state index contributed by atoms with van der Waals surface area (Å²) in [7, 11) is -3.57. The highest BCUT2D eigenvalue weighted by atomic mass is 32.2. The molecule has 0 bridgehead atoms. The Kier molecular flexibility index (Phi) is 5.62. The molecule has 0 spiro atoms. The Balaban J connectivity index is 2.03. The minimum Gasteiger partial charge on any atom is -0.343 e. The van der Waals surface area contributed by atoms with Gasteiger partial charge in [-0.1, -0.05) is 13.0 Å². The first kappa shape index (κ1) is 17.7. The van der Waals surface area contributed by atoms with E-state index in [9.17, 15) is 17.6 Å². The maximum atomic E-state index is 13.3. The van der Waals surface area contributed by atoms with Gasteiger partial charge in [-0.15, -0.1) is 0 Å². The molecule has 1 amide bonds. The van der Waals surface area contributed by atoms with Crippen LogP contribution >= 0.6 is 0 Å². The van der Waals surface area contributed by atoms with E-state index in [2.05, 4.69) is 6.92 Å². The Hall–Kier alpha value is -1.63. The summed E-state index contributed by atoms with van der Waals surface area (Å²) in [5, 5.41) is 0. The fourth-order valence-corrected chi connectivity index (χ4v) is 3.65. The topological polar surface area (TPSA) is 57.7 Å². The number of anilines is 1. The lowest BCUT2D eigenvalue weighted by atomic mass is 9.99. The summed E-state index contributed by atoms with van der Waals surface area (Å²) in [6.07, 6.45) is 3.11. The molecule has 7 heteroatoms. The van der Waals surface area contributed by atoms with Crippen LogP contribution in [0.5, 0.6) is 0 Å². The largest absolute Gasteiger partial charge is 0.343 e. The molecule has 128 valence electrons. The fourth-order valence-electron chi connectivity index (χ4n) is 2.73. The van der Waals surface area contributed by atoms with E-state index in [0.717, 1.165) is 42.6 Å². The third-order valence-electron chi connectivity index (χ3n) is 4.16. The summed E-state index contributed by atoms with van der Waals surface area (Å²) >= 11 is 0. The average molecular weight is 342 g/mol. The fraction of sp³-hybridized carbons (Fsp3) is 0.562. The molecule has 0 radical (unpaired) electrons. The number of hydrogen-bond donors (Lipinski definition) is 0. The minimum absolute atomic E-state index is 0.0210. The number of rotatable bonds is 5. The number of sulfonamides is 1. The first-order valence-corrected chi connectivity index (χ1v) is 9.63. The van der Waals surface area contributed by atoms with Crippen LogP contribution in [0.1, 0.15) is 26.2 Å².